The molecule has 0 N–H and O–H groups in total. The van der Waals surface area contributed by atoms with E-state index in [1.165, 1.54) is 0 Å². The Kier molecular flexibility index (Phi) is 3.03. The second kappa shape index (κ2) is 4.44. The molecule has 6 heteroatoms. The third-order valence-corrected chi connectivity index (χ3v) is 5.18. The fourth-order valence-electron chi connectivity index (χ4n) is 3.28. The van der Waals surface area contributed by atoms with Crippen LogP contribution in [0.3, 0.4) is 0 Å². The zero-order chi connectivity index (χ0) is 15.4. The Morgan fingerprint density at radius 2 is 2.29 bits per heavy atom. The van der Waals surface area contributed by atoms with Crippen molar-refractivity contribution in [1.82, 2.24) is 0 Å². The van der Waals surface area contributed by atoms with E-state index in [-0.39, 0.29) is 24.6 Å². The molecule has 5 atom stereocenters. The Morgan fingerprint density at radius 1 is 1.57 bits per heavy atom. The van der Waals surface area contributed by atoms with E-state index in [9.17, 15) is 14.9 Å². The first-order chi connectivity index (χ1) is 9.85. The summed E-state index contributed by atoms with van der Waals surface area (Å²) in [6.07, 6.45) is -0.197. The number of carbonyl (C=O) groups excluding carboxylic acids is 2. The van der Waals surface area contributed by atoms with Crippen molar-refractivity contribution in [3.05, 3.63) is 0 Å². The van der Waals surface area contributed by atoms with Crippen molar-refractivity contribution in [2.24, 2.45) is 16.7 Å². The number of hydrogen-bond donors (Lipinski definition) is 0. The van der Waals surface area contributed by atoms with Gasteiger partial charge in [-0.2, -0.15) is 5.26 Å². The van der Waals surface area contributed by atoms with Gasteiger partial charge in [-0.15, -0.1) is 0 Å². The first kappa shape index (κ1) is 14.3. The maximum absolute atomic E-state index is 12.0. The summed E-state index contributed by atoms with van der Waals surface area (Å²) in [4.78, 5) is 23.9. The first-order valence-corrected chi connectivity index (χ1v) is 7.31. The van der Waals surface area contributed by atoms with Gasteiger partial charge < -0.3 is 14.2 Å². The Hall–Kier alpha value is -1.61. The number of ether oxygens (including phenoxy) is 3. The highest BCUT2D eigenvalue weighted by Crippen LogP contribution is 2.56. The third kappa shape index (κ3) is 1.80. The predicted molar refractivity (Wildman–Crippen MR) is 69.7 cm³/mol. The molecule has 0 saturated carbocycles. The van der Waals surface area contributed by atoms with Crippen LogP contribution in [0.5, 0.6) is 0 Å². The topological polar surface area (TPSA) is 85.6 Å². The molecular formula is C15H19NO5. The van der Waals surface area contributed by atoms with Gasteiger partial charge in [0, 0.05) is 6.42 Å². The summed E-state index contributed by atoms with van der Waals surface area (Å²) in [6.45, 7) is 5.77. The van der Waals surface area contributed by atoms with Crippen molar-refractivity contribution < 1.29 is 23.8 Å². The van der Waals surface area contributed by atoms with E-state index >= 15 is 0 Å². The van der Waals surface area contributed by atoms with E-state index in [1.54, 1.807) is 0 Å². The summed E-state index contributed by atoms with van der Waals surface area (Å²) in [5.74, 6) is -0.923. The molecule has 5 unspecified atom stereocenters. The number of nitriles is 1. The fraction of sp³-hybridized carbons (Fsp3) is 0.800. The smallest absolute Gasteiger partial charge is 0.329 e. The number of carbonyl (C=O) groups is 2. The van der Waals surface area contributed by atoms with Crippen molar-refractivity contribution in [1.29, 1.82) is 5.26 Å². The highest BCUT2D eigenvalue weighted by Gasteiger charge is 2.73. The number of esters is 2. The zero-order valence-corrected chi connectivity index (χ0v) is 12.4. The summed E-state index contributed by atoms with van der Waals surface area (Å²) in [7, 11) is 0. The van der Waals surface area contributed by atoms with Crippen LogP contribution in [-0.4, -0.2) is 36.9 Å². The average molecular weight is 293 g/mol. The van der Waals surface area contributed by atoms with E-state index in [1.807, 2.05) is 20.8 Å². The van der Waals surface area contributed by atoms with Crippen LogP contribution < -0.4 is 0 Å². The lowest BCUT2D eigenvalue weighted by molar-refractivity contribution is -0.157. The average Bonchev–Trinajstić information content (AvgIpc) is 3.04. The van der Waals surface area contributed by atoms with E-state index in [2.05, 4.69) is 6.07 Å². The Balaban J connectivity index is 1.68. The minimum Gasteiger partial charge on any atom is -0.465 e. The van der Waals surface area contributed by atoms with Crippen molar-refractivity contribution in [2.75, 3.05) is 6.61 Å². The number of rotatable bonds is 4. The van der Waals surface area contributed by atoms with Crippen molar-refractivity contribution in [2.45, 2.75) is 51.9 Å². The predicted octanol–water partition coefficient (Wildman–Crippen LogP) is 1.19. The molecule has 0 amide bonds. The van der Waals surface area contributed by atoms with Gasteiger partial charge >= 0.3 is 11.9 Å². The van der Waals surface area contributed by atoms with Gasteiger partial charge in [-0.25, -0.2) is 0 Å². The minimum absolute atomic E-state index is 0.167. The zero-order valence-electron chi connectivity index (χ0n) is 12.4. The second-order valence-electron chi connectivity index (χ2n) is 6.75. The summed E-state index contributed by atoms with van der Waals surface area (Å²) in [6, 6.07) is 2.06. The van der Waals surface area contributed by atoms with Crippen LogP contribution >= 0.6 is 0 Å². The number of hydrogen-bond acceptors (Lipinski definition) is 6. The van der Waals surface area contributed by atoms with Crippen LogP contribution in [0.2, 0.25) is 0 Å². The van der Waals surface area contributed by atoms with Gasteiger partial charge in [0.2, 0.25) is 0 Å². The van der Waals surface area contributed by atoms with E-state index in [0.29, 0.717) is 12.8 Å². The molecule has 0 radical (unpaired) electrons. The molecule has 0 aromatic heterocycles. The molecule has 114 valence electrons. The quantitative estimate of drug-likeness (QED) is 0.724. The van der Waals surface area contributed by atoms with E-state index in [0.717, 1.165) is 0 Å². The molecule has 3 heterocycles. The number of nitrogens with zero attached hydrogens (tertiary/aromatic N) is 1. The van der Waals surface area contributed by atoms with Crippen LogP contribution in [0, 0.1) is 28.1 Å². The molecule has 3 fully saturated rings. The fourth-order valence-corrected chi connectivity index (χ4v) is 3.28. The molecule has 2 bridgehead atoms. The van der Waals surface area contributed by atoms with Crippen molar-refractivity contribution in [3.63, 3.8) is 0 Å². The lowest BCUT2D eigenvalue weighted by atomic mass is 9.72. The van der Waals surface area contributed by atoms with Gasteiger partial charge in [0.05, 0.1) is 23.5 Å². The van der Waals surface area contributed by atoms with Gasteiger partial charge in [-0.05, 0) is 20.3 Å². The molecule has 0 aromatic rings. The monoisotopic (exact) mass is 293 g/mol. The van der Waals surface area contributed by atoms with Gasteiger partial charge in [-0.3, -0.25) is 9.59 Å². The normalized spacial score (nSPS) is 40.0. The molecule has 3 saturated heterocycles. The lowest BCUT2D eigenvalue weighted by Gasteiger charge is -2.26. The molecule has 3 aliphatic rings. The minimum atomic E-state index is -1.14. The molecule has 0 spiro atoms. The van der Waals surface area contributed by atoms with Crippen LogP contribution in [0.25, 0.3) is 0 Å². The number of fused-ring (bicyclic) bond motifs is 1. The standard InChI is InChI=1S/C15H19NO5/c1-4-14(2,3)12(17)19-6-8-9-5-15(7-16)11(20-9)10(8)21-13(15)18/h8-11H,4-6H2,1-3H3. The summed E-state index contributed by atoms with van der Waals surface area (Å²) < 4.78 is 16.4. The Bertz CT molecular complexity index is 537. The highest BCUT2D eigenvalue weighted by atomic mass is 16.6. The molecule has 0 aromatic carbocycles. The van der Waals surface area contributed by atoms with Gasteiger partial charge in [-0.1, -0.05) is 6.92 Å². The van der Waals surface area contributed by atoms with Crippen molar-refractivity contribution in [3.8, 4) is 6.07 Å². The van der Waals surface area contributed by atoms with Crippen molar-refractivity contribution >= 4 is 11.9 Å². The molecule has 0 aliphatic carbocycles. The first-order valence-electron chi connectivity index (χ1n) is 7.31. The maximum atomic E-state index is 12.0. The summed E-state index contributed by atoms with van der Waals surface area (Å²) in [5, 5.41) is 9.26. The van der Waals surface area contributed by atoms with Crippen LogP contribution in [0.4, 0.5) is 0 Å². The van der Waals surface area contributed by atoms with Gasteiger partial charge in [0.25, 0.3) is 0 Å². The second-order valence-corrected chi connectivity index (χ2v) is 6.75. The SMILES string of the molecule is CCC(C)(C)C(=O)OCC1C2CC3(C#N)C(=O)OC1C3O2. The Morgan fingerprint density at radius 3 is 2.90 bits per heavy atom. The molecular weight excluding hydrogens is 274 g/mol. The highest BCUT2D eigenvalue weighted by molar-refractivity contribution is 5.85. The van der Waals surface area contributed by atoms with Crippen LogP contribution in [-0.2, 0) is 23.8 Å². The van der Waals surface area contributed by atoms with E-state index in [4.69, 9.17) is 14.2 Å². The van der Waals surface area contributed by atoms with Crippen LogP contribution in [0.15, 0.2) is 0 Å². The molecule has 21 heavy (non-hydrogen) atoms. The maximum Gasteiger partial charge on any atom is 0.329 e. The summed E-state index contributed by atoms with van der Waals surface area (Å²) >= 11 is 0. The summed E-state index contributed by atoms with van der Waals surface area (Å²) in [5.41, 5.74) is -1.67. The third-order valence-electron chi connectivity index (χ3n) is 5.18. The molecule has 6 nitrogen and oxygen atoms in total. The van der Waals surface area contributed by atoms with Gasteiger partial charge in [0.1, 0.15) is 18.8 Å². The molecule has 3 rings (SSSR count). The lowest BCUT2D eigenvalue weighted by Crippen LogP contribution is -2.41. The van der Waals surface area contributed by atoms with Gasteiger partial charge in [0.15, 0.2) is 5.41 Å². The Labute approximate surface area is 123 Å². The largest absolute Gasteiger partial charge is 0.465 e. The molecule has 3 aliphatic heterocycles. The van der Waals surface area contributed by atoms with Crippen LogP contribution in [0.1, 0.15) is 33.6 Å². The van der Waals surface area contributed by atoms with E-state index < -0.39 is 29.0 Å².